The highest BCUT2D eigenvalue weighted by Crippen LogP contribution is 2.30. The molecule has 0 unspecified atom stereocenters. The van der Waals surface area contributed by atoms with Gasteiger partial charge in [0.25, 0.3) is 0 Å². The number of thiophene rings is 1. The van der Waals surface area contributed by atoms with Crippen molar-refractivity contribution < 1.29 is 0 Å². The maximum atomic E-state index is 5.97. The van der Waals surface area contributed by atoms with Gasteiger partial charge in [-0.15, -0.1) is 21.5 Å². The van der Waals surface area contributed by atoms with Gasteiger partial charge in [-0.05, 0) is 37.6 Å². The van der Waals surface area contributed by atoms with E-state index in [1.807, 2.05) is 25.1 Å². The smallest absolute Gasteiger partial charge is 0.196 e. The summed E-state index contributed by atoms with van der Waals surface area (Å²) >= 11 is 9.26. The summed E-state index contributed by atoms with van der Waals surface area (Å²) in [6.07, 6.45) is 0. The highest BCUT2D eigenvalue weighted by atomic mass is 35.5. The number of nitrogens with zero attached hydrogens (tertiary/aromatic N) is 3. The van der Waals surface area contributed by atoms with E-state index in [1.165, 1.54) is 10.4 Å². The molecule has 0 bridgehead atoms. The summed E-state index contributed by atoms with van der Waals surface area (Å²) in [5.41, 5.74) is 2.34. The molecule has 0 aliphatic heterocycles. The lowest BCUT2D eigenvalue weighted by Gasteiger charge is -2.10. The van der Waals surface area contributed by atoms with Gasteiger partial charge in [-0.3, -0.25) is 4.57 Å². The maximum Gasteiger partial charge on any atom is 0.196 e. The lowest BCUT2D eigenvalue weighted by Crippen LogP contribution is -2.01. The third-order valence-corrected chi connectivity index (χ3v) is 5.52. The molecule has 0 amide bonds. The van der Waals surface area contributed by atoms with Crippen LogP contribution in [-0.2, 0) is 5.75 Å². The number of hydrogen-bond acceptors (Lipinski definition) is 4. The molecule has 0 aliphatic carbocycles. The molecular formula is C15H14ClN3S2. The van der Waals surface area contributed by atoms with Crippen LogP contribution in [0.25, 0.3) is 5.69 Å². The van der Waals surface area contributed by atoms with Crippen LogP contribution in [0.3, 0.4) is 0 Å². The minimum absolute atomic E-state index is 0.821. The summed E-state index contributed by atoms with van der Waals surface area (Å²) in [6, 6.07) is 12.3. The van der Waals surface area contributed by atoms with Gasteiger partial charge >= 0.3 is 0 Å². The van der Waals surface area contributed by atoms with E-state index in [2.05, 4.69) is 39.9 Å². The van der Waals surface area contributed by atoms with Crippen molar-refractivity contribution in [3.8, 4) is 5.69 Å². The highest BCUT2D eigenvalue weighted by Gasteiger charge is 2.13. The number of aromatic nitrogens is 3. The first-order valence-electron chi connectivity index (χ1n) is 6.50. The SMILES string of the molecule is Cc1ccccc1-n1c(C)nnc1SCc1ccc(Cl)s1. The molecule has 21 heavy (non-hydrogen) atoms. The molecule has 0 saturated carbocycles. The molecule has 3 aromatic rings. The van der Waals surface area contributed by atoms with E-state index in [0.717, 1.165) is 26.8 Å². The van der Waals surface area contributed by atoms with Gasteiger partial charge in [0, 0.05) is 10.6 Å². The fourth-order valence-corrected chi connectivity index (χ4v) is 4.21. The van der Waals surface area contributed by atoms with E-state index in [1.54, 1.807) is 23.1 Å². The van der Waals surface area contributed by atoms with Gasteiger partial charge in [-0.1, -0.05) is 41.6 Å². The number of hydrogen-bond donors (Lipinski definition) is 0. The van der Waals surface area contributed by atoms with Crippen molar-refractivity contribution in [2.75, 3.05) is 0 Å². The maximum absolute atomic E-state index is 5.97. The molecule has 3 nitrogen and oxygen atoms in total. The number of para-hydroxylation sites is 1. The summed E-state index contributed by atoms with van der Waals surface area (Å²) in [7, 11) is 0. The molecular weight excluding hydrogens is 322 g/mol. The third-order valence-electron chi connectivity index (χ3n) is 3.12. The minimum Gasteiger partial charge on any atom is -0.274 e. The van der Waals surface area contributed by atoms with Crippen LogP contribution in [0.15, 0.2) is 41.6 Å². The van der Waals surface area contributed by atoms with Crippen molar-refractivity contribution >= 4 is 34.7 Å². The number of benzene rings is 1. The van der Waals surface area contributed by atoms with Gasteiger partial charge in [0.15, 0.2) is 5.16 Å². The Morgan fingerprint density at radius 1 is 1.14 bits per heavy atom. The Balaban J connectivity index is 1.89. The van der Waals surface area contributed by atoms with Crippen molar-refractivity contribution in [2.24, 2.45) is 0 Å². The van der Waals surface area contributed by atoms with Crippen molar-refractivity contribution in [1.29, 1.82) is 0 Å². The molecule has 0 spiro atoms. The fourth-order valence-electron chi connectivity index (χ4n) is 2.09. The average Bonchev–Trinajstić information content (AvgIpc) is 3.04. The Labute approximate surface area is 137 Å². The van der Waals surface area contributed by atoms with Crippen LogP contribution in [0.5, 0.6) is 0 Å². The topological polar surface area (TPSA) is 30.7 Å². The van der Waals surface area contributed by atoms with E-state index in [4.69, 9.17) is 11.6 Å². The number of aryl methyl sites for hydroxylation is 2. The normalized spacial score (nSPS) is 11.0. The Hall–Kier alpha value is -1.30. The summed E-state index contributed by atoms with van der Waals surface area (Å²) in [4.78, 5) is 1.24. The lowest BCUT2D eigenvalue weighted by molar-refractivity contribution is 0.862. The minimum atomic E-state index is 0.821. The zero-order valence-corrected chi connectivity index (χ0v) is 14.1. The fraction of sp³-hybridized carbons (Fsp3) is 0.200. The summed E-state index contributed by atoms with van der Waals surface area (Å²) in [6.45, 7) is 4.08. The van der Waals surface area contributed by atoms with E-state index in [9.17, 15) is 0 Å². The first kappa shape index (κ1) is 14.6. The highest BCUT2D eigenvalue weighted by molar-refractivity contribution is 7.98. The van der Waals surface area contributed by atoms with Crippen LogP contribution < -0.4 is 0 Å². The zero-order chi connectivity index (χ0) is 14.8. The van der Waals surface area contributed by atoms with Crippen molar-refractivity contribution in [3.63, 3.8) is 0 Å². The first-order chi connectivity index (χ1) is 10.1. The quantitative estimate of drug-likeness (QED) is 0.636. The monoisotopic (exact) mass is 335 g/mol. The van der Waals surface area contributed by atoms with Gasteiger partial charge in [-0.2, -0.15) is 0 Å². The van der Waals surface area contributed by atoms with E-state index in [-0.39, 0.29) is 0 Å². The van der Waals surface area contributed by atoms with Gasteiger partial charge in [0.2, 0.25) is 0 Å². The second-order valence-electron chi connectivity index (χ2n) is 4.65. The predicted molar refractivity (Wildman–Crippen MR) is 89.7 cm³/mol. The molecule has 0 saturated heterocycles. The predicted octanol–water partition coefficient (Wildman–Crippen LogP) is 4.89. The van der Waals surface area contributed by atoms with Crippen molar-refractivity contribution in [1.82, 2.24) is 14.8 Å². The summed E-state index contributed by atoms with van der Waals surface area (Å²) < 4.78 is 2.93. The average molecular weight is 336 g/mol. The van der Waals surface area contributed by atoms with Gasteiger partial charge in [-0.25, -0.2) is 0 Å². The van der Waals surface area contributed by atoms with E-state index >= 15 is 0 Å². The molecule has 0 radical (unpaired) electrons. The van der Waals surface area contributed by atoms with Crippen molar-refractivity contribution in [2.45, 2.75) is 24.8 Å². The van der Waals surface area contributed by atoms with Crippen LogP contribution in [0.1, 0.15) is 16.3 Å². The van der Waals surface area contributed by atoms with Crippen LogP contribution in [-0.4, -0.2) is 14.8 Å². The Morgan fingerprint density at radius 2 is 1.95 bits per heavy atom. The van der Waals surface area contributed by atoms with Crippen molar-refractivity contribution in [3.05, 3.63) is 57.0 Å². The molecule has 1 aromatic carbocycles. The van der Waals surface area contributed by atoms with E-state index in [0.29, 0.717) is 0 Å². The number of thioether (sulfide) groups is 1. The Kier molecular flexibility index (Phi) is 4.33. The van der Waals surface area contributed by atoms with Crippen LogP contribution in [0, 0.1) is 13.8 Å². The molecule has 0 aliphatic rings. The molecule has 0 N–H and O–H groups in total. The number of rotatable bonds is 4. The van der Waals surface area contributed by atoms with Crippen LogP contribution >= 0.6 is 34.7 Å². The largest absolute Gasteiger partial charge is 0.274 e. The van der Waals surface area contributed by atoms with Crippen LogP contribution in [0.4, 0.5) is 0 Å². The Morgan fingerprint density at radius 3 is 2.67 bits per heavy atom. The van der Waals surface area contributed by atoms with Crippen LogP contribution in [0.2, 0.25) is 4.34 Å². The first-order valence-corrected chi connectivity index (χ1v) is 8.68. The molecule has 108 valence electrons. The summed E-state index contributed by atoms with van der Waals surface area (Å²) in [5.74, 6) is 1.75. The van der Waals surface area contributed by atoms with Gasteiger partial charge in [0.1, 0.15) is 5.82 Å². The molecule has 2 aromatic heterocycles. The van der Waals surface area contributed by atoms with E-state index < -0.39 is 0 Å². The molecule has 0 atom stereocenters. The van der Waals surface area contributed by atoms with Gasteiger partial charge in [0.05, 0.1) is 10.0 Å². The molecule has 3 rings (SSSR count). The number of halogens is 1. The Bertz CT molecular complexity index is 764. The third kappa shape index (κ3) is 3.15. The lowest BCUT2D eigenvalue weighted by atomic mass is 10.2. The van der Waals surface area contributed by atoms with Gasteiger partial charge < -0.3 is 0 Å². The molecule has 2 heterocycles. The second kappa shape index (κ2) is 6.22. The summed E-state index contributed by atoms with van der Waals surface area (Å²) in [5, 5.41) is 9.43. The molecule has 6 heteroatoms. The standard InChI is InChI=1S/C15H14ClN3S2/c1-10-5-3-4-6-13(10)19-11(2)17-18-15(19)20-9-12-7-8-14(16)21-12/h3-8H,9H2,1-2H3. The zero-order valence-electron chi connectivity index (χ0n) is 11.7. The molecule has 0 fully saturated rings. The second-order valence-corrected chi connectivity index (χ2v) is 7.39.